The van der Waals surface area contributed by atoms with Crippen molar-refractivity contribution in [2.45, 2.75) is 13.0 Å². The molecule has 0 saturated heterocycles. The van der Waals surface area contributed by atoms with Gasteiger partial charge in [-0.1, -0.05) is 18.2 Å². The Labute approximate surface area is 120 Å². The maximum atomic E-state index is 12.0. The van der Waals surface area contributed by atoms with Crippen LogP contribution in [-0.2, 0) is 0 Å². The van der Waals surface area contributed by atoms with E-state index in [1.165, 1.54) is 0 Å². The number of hydrogen-bond donors (Lipinski definition) is 2. The number of halogens is 1. The number of amides is 1. The van der Waals surface area contributed by atoms with Crippen LogP contribution in [0.2, 0.25) is 0 Å². The van der Waals surface area contributed by atoms with Gasteiger partial charge in [-0.2, -0.15) is 0 Å². The monoisotopic (exact) mass is 322 g/mol. The van der Waals surface area contributed by atoms with Crippen LogP contribution in [-0.4, -0.2) is 18.0 Å². The molecule has 2 N–H and O–H groups in total. The zero-order chi connectivity index (χ0) is 13.8. The predicted octanol–water partition coefficient (Wildman–Crippen LogP) is 3.28. The topological polar surface area (TPSA) is 54.1 Å². The Morgan fingerprint density at radius 1 is 1.42 bits per heavy atom. The van der Waals surface area contributed by atoms with Gasteiger partial charge >= 0.3 is 0 Å². The second-order valence-electron chi connectivity index (χ2n) is 4.17. The smallest absolute Gasteiger partial charge is 0.268 e. The summed E-state index contributed by atoms with van der Waals surface area (Å²) in [4.78, 5) is 14.9. The molecule has 0 fully saturated rings. The van der Waals surface area contributed by atoms with Gasteiger partial charge in [-0.3, -0.25) is 4.79 Å². The van der Waals surface area contributed by atoms with Crippen LogP contribution in [0.5, 0.6) is 5.75 Å². The molecular weight excluding hydrogens is 308 g/mol. The highest BCUT2D eigenvalue weighted by atomic mass is 79.9. The van der Waals surface area contributed by atoms with E-state index in [1.54, 1.807) is 19.4 Å². The van der Waals surface area contributed by atoms with E-state index in [1.807, 2.05) is 31.2 Å². The van der Waals surface area contributed by atoms with Gasteiger partial charge in [-0.15, -0.1) is 0 Å². The van der Waals surface area contributed by atoms with Gasteiger partial charge in [0, 0.05) is 16.2 Å². The third-order valence-electron chi connectivity index (χ3n) is 2.85. The third kappa shape index (κ3) is 3.17. The molecular formula is C14H15BrN2O2. The highest BCUT2D eigenvalue weighted by Gasteiger charge is 2.15. The van der Waals surface area contributed by atoms with E-state index in [9.17, 15) is 4.79 Å². The quantitative estimate of drug-likeness (QED) is 0.907. The lowest BCUT2D eigenvalue weighted by atomic mass is 10.1. The van der Waals surface area contributed by atoms with Gasteiger partial charge in [0.15, 0.2) is 0 Å². The fraction of sp³-hybridized carbons (Fsp3) is 0.214. The lowest BCUT2D eigenvalue weighted by molar-refractivity contribution is 0.0935. The van der Waals surface area contributed by atoms with E-state index in [0.29, 0.717) is 5.69 Å². The number of para-hydroxylation sites is 1. The third-order valence-corrected chi connectivity index (χ3v) is 3.30. The van der Waals surface area contributed by atoms with E-state index in [4.69, 9.17) is 4.74 Å². The minimum atomic E-state index is -0.149. The maximum absolute atomic E-state index is 12.0. The van der Waals surface area contributed by atoms with Crippen molar-refractivity contribution in [3.05, 3.63) is 52.3 Å². The zero-order valence-corrected chi connectivity index (χ0v) is 12.3. The van der Waals surface area contributed by atoms with Gasteiger partial charge in [0.05, 0.1) is 13.2 Å². The van der Waals surface area contributed by atoms with Crippen molar-refractivity contribution in [2.75, 3.05) is 7.11 Å². The molecule has 0 bridgehead atoms. The van der Waals surface area contributed by atoms with Crippen molar-refractivity contribution in [1.82, 2.24) is 10.3 Å². The molecule has 0 aliphatic heterocycles. The first kappa shape index (κ1) is 13.7. The molecule has 0 saturated carbocycles. The zero-order valence-electron chi connectivity index (χ0n) is 10.7. The summed E-state index contributed by atoms with van der Waals surface area (Å²) in [5, 5.41) is 2.93. The van der Waals surface area contributed by atoms with Crippen LogP contribution >= 0.6 is 15.9 Å². The molecule has 1 amide bonds. The standard InChI is InChI=1S/C14H15BrN2O2/c1-9(11-5-3-4-6-13(11)19-2)17-14(18)12-7-10(15)8-16-12/h3-9,16H,1-2H3,(H,17,18)/t9-/m0/s1. The van der Waals surface area contributed by atoms with Crippen molar-refractivity contribution in [3.63, 3.8) is 0 Å². The van der Waals surface area contributed by atoms with Crippen LogP contribution in [0.1, 0.15) is 29.0 Å². The second kappa shape index (κ2) is 5.93. The summed E-state index contributed by atoms with van der Waals surface area (Å²) in [5.74, 6) is 0.618. The number of hydrogen-bond acceptors (Lipinski definition) is 2. The van der Waals surface area contributed by atoms with E-state index in [0.717, 1.165) is 15.8 Å². The van der Waals surface area contributed by atoms with E-state index in [-0.39, 0.29) is 11.9 Å². The van der Waals surface area contributed by atoms with Gasteiger partial charge in [0.25, 0.3) is 5.91 Å². The van der Waals surface area contributed by atoms with Gasteiger partial charge < -0.3 is 15.0 Å². The number of benzene rings is 1. The lowest BCUT2D eigenvalue weighted by Crippen LogP contribution is -2.27. The molecule has 1 atom stereocenters. The first-order valence-electron chi connectivity index (χ1n) is 5.89. The Morgan fingerprint density at radius 3 is 2.79 bits per heavy atom. The van der Waals surface area contributed by atoms with Gasteiger partial charge in [0.2, 0.25) is 0 Å². The summed E-state index contributed by atoms with van der Waals surface area (Å²) in [6, 6.07) is 9.25. The number of H-pyrrole nitrogens is 1. The number of ether oxygens (including phenoxy) is 1. The summed E-state index contributed by atoms with van der Waals surface area (Å²) in [6.07, 6.45) is 1.72. The fourth-order valence-corrected chi connectivity index (χ4v) is 2.22. The summed E-state index contributed by atoms with van der Waals surface area (Å²) in [5.41, 5.74) is 1.47. The Hall–Kier alpha value is -1.75. The highest BCUT2D eigenvalue weighted by Crippen LogP contribution is 2.24. The van der Waals surface area contributed by atoms with Crippen molar-refractivity contribution >= 4 is 21.8 Å². The number of aromatic amines is 1. The van der Waals surface area contributed by atoms with E-state index >= 15 is 0 Å². The molecule has 1 heterocycles. The van der Waals surface area contributed by atoms with Crippen LogP contribution in [0.4, 0.5) is 0 Å². The van der Waals surface area contributed by atoms with Crippen LogP contribution in [0.3, 0.4) is 0 Å². The largest absolute Gasteiger partial charge is 0.496 e. The number of methoxy groups -OCH3 is 1. The molecule has 0 radical (unpaired) electrons. The first-order chi connectivity index (χ1) is 9.11. The van der Waals surface area contributed by atoms with Gasteiger partial charge in [0.1, 0.15) is 11.4 Å². The van der Waals surface area contributed by atoms with Crippen LogP contribution < -0.4 is 10.1 Å². The number of nitrogens with one attached hydrogen (secondary N) is 2. The highest BCUT2D eigenvalue weighted by molar-refractivity contribution is 9.10. The minimum absolute atomic E-state index is 0.134. The van der Waals surface area contributed by atoms with Crippen LogP contribution in [0.15, 0.2) is 41.0 Å². The molecule has 0 aliphatic rings. The average molecular weight is 323 g/mol. The van der Waals surface area contributed by atoms with Gasteiger partial charge in [-0.25, -0.2) is 0 Å². The Morgan fingerprint density at radius 2 is 2.16 bits per heavy atom. The fourth-order valence-electron chi connectivity index (χ4n) is 1.88. The summed E-state index contributed by atoms with van der Waals surface area (Å²) in [6.45, 7) is 1.92. The van der Waals surface area contributed by atoms with Crippen molar-refractivity contribution in [3.8, 4) is 5.75 Å². The lowest BCUT2D eigenvalue weighted by Gasteiger charge is -2.16. The predicted molar refractivity (Wildman–Crippen MR) is 77.4 cm³/mol. The molecule has 19 heavy (non-hydrogen) atoms. The molecule has 2 aromatic rings. The van der Waals surface area contributed by atoms with Crippen molar-refractivity contribution in [1.29, 1.82) is 0 Å². The molecule has 1 aromatic carbocycles. The number of carbonyl (C=O) groups is 1. The molecule has 0 aliphatic carbocycles. The Bertz CT molecular complexity index is 580. The number of rotatable bonds is 4. The first-order valence-corrected chi connectivity index (χ1v) is 6.69. The van der Waals surface area contributed by atoms with E-state index < -0.39 is 0 Å². The SMILES string of the molecule is COc1ccccc1[C@H](C)NC(=O)c1cc(Br)c[nH]1. The summed E-state index contributed by atoms with van der Waals surface area (Å²) in [7, 11) is 1.62. The molecule has 4 nitrogen and oxygen atoms in total. The molecule has 1 aromatic heterocycles. The molecule has 5 heteroatoms. The van der Waals surface area contributed by atoms with Crippen molar-refractivity contribution in [2.24, 2.45) is 0 Å². The van der Waals surface area contributed by atoms with Crippen LogP contribution in [0, 0.1) is 0 Å². The van der Waals surface area contributed by atoms with Crippen molar-refractivity contribution < 1.29 is 9.53 Å². The normalized spacial score (nSPS) is 11.9. The number of aromatic nitrogens is 1. The summed E-state index contributed by atoms with van der Waals surface area (Å²) < 4.78 is 6.14. The second-order valence-corrected chi connectivity index (χ2v) is 5.08. The molecule has 0 unspecified atom stereocenters. The van der Waals surface area contributed by atoms with Gasteiger partial charge in [-0.05, 0) is 35.0 Å². The summed E-state index contributed by atoms with van der Waals surface area (Å²) >= 11 is 3.30. The Balaban J connectivity index is 2.12. The molecule has 0 spiro atoms. The Kier molecular flexibility index (Phi) is 4.27. The number of carbonyl (C=O) groups excluding carboxylic acids is 1. The molecule has 100 valence electrons. The average Bonchev–Trinajstić information content (AvgIpc) is 2.85. The minimum Gasteiger partial charge on any atom is -0.496 e. The van der Waals surface area contributed by atoms with Crippen LogP contribution in [0.25, 0.3) is 0 Å². The van der Waals surface area contributed by atoms with E-state index in [2.05, 4.69) is 26.2 Å². The maximum Gasteiger partial charge on any atom is 0.268 e. The molecule has 2 rings (SSSR count).